The van der Waals surface area contributed by atoms with E-state index in [1.165, 1.54) is 0 Å². The Morgan fingerprint density at radius 2 is 1.75 bits per heavy atom. The maximum absolute atomic E-state index is 13.4. The molecule has 0 unspecified atom stereocenters. The first kappa shape index (κ1) is 22.2. The van der Waals surface area contributed by atoms with Crippen molar-refractivity contribution in [1.29, 1.82) is 0 Å². The van der Waals surface area contributed by atoms with Crippen LogP contribution in [0, 0.1) is 0 Å². The summed E-state index contributed by atoms with van der Waals surface area (Å²) in [5.41, 5.74) is 6.31. The zero-order valence-corrected chi connectivity index (χ0v) is 20.2. The van der Waals surface area contributed by atoms with E-state index in [9.17, 15) is 9.59 Å². The molecule has 0 spiro atoms. The van der Waals surface area contributed by atoms with Crippen molar-refractivity contribution in [3.05, 3.63) is 65.6 Å². The van der Waals surface area contributed by atoms with Crippen molar-refractivity contribution in [3.8, 4) is 22.4 Å². The fraction of sp³-hybridized carbons (Fsp3) is 0.296. The van der Waals surface area contributed by atoms with Gasteiger partial charge in [-0.05, 0) is 49.4 Å². The zero-order chi connectivity index (χ0) is 24.8. The van der Waals surface area contributed by atoms with Crippen LogP contribution >= 0.6 is 0 Å². The van der Waals surface area contributed by atoms with E-state index in [4.69, 9.17) is 4.74 Å². The number of hydrogen-bond acceptors (Lipinski definition) is 6. The third-order valence-corrected chi connectivity index (χ3v) is 7.27. The SMILES string of the molecule is Cn1cc(-c2ccc(-c3ccc4ncc5c(c4c3)n([C@H]3CC[C@@H](OC=O)CC3)c(=O)n5C)cn2)cn1. The first-order valence-corrected chi connectivity index (χ1v) is 12.1. The lowest BCUT2D eigenvalue weighted by atomic mass is 9.92. The van der Waals surface area contributed by atoms with Crippen LogP contribution in [0.15, 0.2) is 59.9 Å². The number of carbonyl (C=O) groups is 1. The number of fused-ring (bicyclic) bond motifs is 3. The first-order chi connectivity index (χ1) is 17.5. The zero-order valence-electron chi connectivity index (χ0n) is 20.2. The normalized spacial score (nSPS) is 18.1. The molecule has 4 aromatic heterocycles. The van der Waals surface area contributed by atoms with E-state index in [1.54, 1.807) is 28.7 Å². The van der Waals surface area contributed by atoms with E-state index in [0.29, 0.717) is 6.47 Å². The predicted molar refractivity (Wildman–Crippen MR) is 136 cm³/mol. The molecule has 1 aliphatic carbocycles. The smallest absolute Gasteiger partial charge is 0.329 e. The summed E-state index contributed by atoms with van der Waals surface area (Å²) < 4.78 is 10.5. The van der Waals surface area contributed by atoms with Gasteiger partial charge in [-0.3, -0.25) is 28.6 Å². The van der Waals surface area contributed by atoms with Crippen molar-refractivity contribution >= 4 is 28.4 Å². The summed E-state index contributed by atoms with van der Waals surface area (Å²) in [5, 5.41) is 5.16. The van der Waals surface area contributed by atoms with E-state index in [1.807, 2.05) is 42.2 Å². The van der Waals surface area contributed by atoms with Crippen LogP contribution in [0.3, 0.4) is 0 Å². The van der Waals surface area contributed by atoms with E-state index in [0.717, 1.165) is 70.0 Å². The molecule has 182 valence electrons. The Balaban J connectivity index is 1.44. The topological polar surface area (TPSA) is 96.8 Å². The second-order valence-corrected chi connectivity index (χ2v) is 9.43. The van der Waals surface area contributed by atoms with Crippen molar-refractivity contribution in [3.63, 3.8) is 0 Å². The quantitative estimate of drug-likeness (QED) is 0.351. The van der Waals surface area contributed by atoms with Crippen LogP contribution in [0.4, 0.5) is 0 Å². The van der Waals surface area contributed by atoms with Crippen molar-refractivity contribution in [2.24, 2.45) is 14.1 Å². The average molecular weight is 483 g/mol. The molecular weight excluding hydrogens is 456 g/mol. The molecule has 6 rings (SSSR count). The van der Waals surface area contributed by atoms with Crippen molar-refractivity contribution in [1.82, 2.24) is 28.9 Å². The summed E-state index contributed by atoms with van der Waals surface area (Å²) >= 11 is 0. The average Bonchev–Trinajstić information content (AvgIpc) is 3.45. The Kier molecular flexibility index (Phi) is 5.40. The van der Waals surface area contributed by atoms with E-state index in [2.05, 4.69) is 27.2 Å². The Bertz CT molecular complexity index is 1640. The molecule has 5 aromatic rings. The molecule has 4 heterocycles. The summed E-state index contributed by atoms with van der Waals surface area (Å²) in [6.45, 7) is 0.522. The highest BCUT2D eigenvalue weighted by Crippen LogP contribution is 2.35. The summed E-state index contributed by atoms with van der Waals surface area (Å²) in [6, 6.07) is 10.2. The molecule has 1 aliphatic rings. The number of aryl methyl sites for hydroxylation is 2. The molecule has 0 atom stereocenters. The third kappa shape index (κ3) is 3.67. The number of rotatable bonds is 5. The third-order valence-electron chi connectivity index (χ3n) is 7.27. The molecule has 36 heavy (non-hydrogen) atoms. The van der Waals surface area contributed by atoms with Gasteiger partial charge in [-0.25, -0.2) is 4.79 Å². The van der Waals surface area contributed by atoms with Gasteiger partial charge in [0.15, 0.2) is 0 Å². The minimum Gasteiger partial charge on any atom is -0.465 e. The number of benzene rings is 1. The second-order valence-electron chi connectivity index (χ2n) is 9.43. The van der Waals surface area contributed by atoms with Crippen LogP contribution in [0.2, 0.25) is 0 Å². The number of ether oxygens (including phenoxy) is 1. The summed E-state index contributed by atoms with van der Waals surface area (Å²) in [4.78, 5) is 33.4. The van der Waals surface area contributed by atoms with Crippen molar-refractivity contribution in [2.45, 2.75) is 37.8 Å². The molecule has 1 fully saturated rings. The molecular formula is C27H26N6O3. The van der Waals surface area contributed by atoms with Gasteiger partial charge in [0.2, 0.25) is 0 Å². The van der Waals surface area contributed by atoms with Gasteiger partial charge in [0.05, 0.1) is 34.6 Å². The van der Waals surface area contributed by atoms with Crippen molar-refractivity contribution in [2.75, 3.05) is 0 Å². The minimum atomic E-state index is -0.0726. The molecule has 0 saturated heterocycles. The summed E-state index contributed by atoms with van der Waals surface area (Å²) in [7, 11) is 3.68. The van der Waals surface area contributed by atoms with Crippen LogP contribution in [0.25, 0.3) is 44.3 Å². The van der Waals surface area contributed by atoms with Gasteiger partial charge >= 0.3 is 5.69 Å². The largest absolute Gasteiger partial charge is 0.465 e. The van der Waals surface area contributed by atoms with Gasteiger partial charge in [-0.2, -0.15) is 5.10 Å². The number of pyridine rings is 2. The molecule has 9 nitrogen and oxygen atoms in total. The molecule has 0 radical (unpaired) electrons. The van der Waals surface area contributed by atoms with Gasteiger partial charge in [-0.15, -0.1) is 0 Å². The van der Waals surface area contributed by atoms with Crippen LogP contribution in [-0.2, 0) is 23.6 Å². The number of carbonyl (C=O) groups excluding carboxylic acids is 1. The molecule has 1 aromatic carbocycles. The fourth-order valence-electron chi connectivity index (χ4n) is 5.35. The monoisotopic (exact) mass is 482 g/mol. The maximum atomic E-state index is 13.4. The molecule has 0 aliphatic heterocycles. The summed E-state index contributed by atoms with van der Waals surface area (Å²) in [6.07, 6.45) is 10.4. The Morgan fingerprint density at radius 1 is 0.944 bits per heavy atom. The maximum Gasteiger partial charge on any atom is 0.329 e. The van der Waals surface area contributed by atoms with Gasteiger partial charge in [0.25, 0.3) is 6.47 Å². The lowest BCUT2D eigenvalue weighted by molar-refractivity contribution is -0.135. The van der Waals surface area contributed by atoms with E-state index in [-0.39, 0.29) is 17.8 Å². The lowest BCUT2D eigenvalue weighted by Crippen LogP contribution is -2.30. The van der Waals surface area contributed by atoms with Crippen LogP contribution in [-0.4, -0.2) is 41.5 Å². The molecule has 1 saturated carbocycles. The predicted octanol–water partition coefficient (Wildman–Crippen LogP) is 4.01. The Morgan fingerprint density at radius 3 is 2.44 bits per heavy atom. The van der Waals surface area contributed by atoms with Crippen molar-refractivity contribution < 1.29 is 9.53 Å². The van der Waals surface area contributed by atoms with Crippen LogP contribution < -0.4 is 5.69 Å². The van der Waals surface area contributed by atoms with Crippen LogP contribution in [0.5, 0.6) is 0 Å². The van der Waals surface area contributed by atoms with Gasteiger partial charge < -0.3 is 4.74 Å². The summed E-state index contributed by atoms with van der Waals surface area (Å²) in [5.74, 6) is 0. The molecule has 9 heteroatoms. The Hall–Kier alpha value is -4.27. The first-order valence-electron chi connectivity index (χ1n) is 12.1. The fourth-order valence-corrected chi connectivity index (χ4v) is 5.35. The highest BCUT2D eigenvalue weighted by atomic mass is 16.5. The second kappa shape index (κ2) is 8.75. The number of hydrogen-bond donors (Lipinski definition) is 0. The Labute approximate surface area is 207 Å². The number of imidazole rings is 1. The van der Waals surface area contributed by atoms with Gasteiger partial charge in [0, 0.05) is 49.0 Å². The minimum absolute atomic E-state index is 0.0439. The van der Waals surface area contributed by atoms with Gasteiger partial charge in [0.1, 0.15) is 6.10 Å². The lowest BCUT2D eigenvalue weighted by Gasteiger charge is -2.28. The van der Waals surface area contributed by atoms with Gasteiger partial charge in [-0.1, -0.05) is 12.1 Å². The van der Waals surface area contributed by atoms with E-state index >= 15 is 0 Å². The highest BCUT2D eigenvalue weighted by Gasteiger charge is 2.27. The van der Waals surface area contributed by atoms with E-state index < -0.39 is 0 Å². The molecule has 0 bridgehead atoms. The molecule has 0 amide bonds. The number of nitrogens with zero attached hydrogens (tertiary/aromatic N) is 6. The van der Waals surface area contributed by atoms with Crippen LogP contribution in [0.1, 0.15) is 31.7 Å². The standard InChI is InChI=1S/C27H26N6O3/c1-31-15-19(13-30-31)23-9-4-18(12-28-23)17-3-10-24-22(11-17)26-25(14-29-24)32(2)27(35)33(26)20-5-7-21(8-6-20)36-16-34/h3-4,9-16,20-21H,5-8H2,1-2H3/t20-,21+. The molecule has 0 N–H and O–H groups in total. The number of aromatic nitrogens is 6. The highest BCUT2D eigenvalue weighted by molar-refractivity contribution is 6.04.